The molecule has 10 heteroatoms. The molecule has 7 nitrogen and oxygen atoms in total. The Morgan fingerprint density at radius 3 is 2.60 bits per heavy atom. The van der Waals surface area contributed by atoms with Crippen LogP contribution in [-0.2, 0) is 4.79 Å². The van der Waals surface area contributed by atoms with Gasteiger partial charge in [0.15, 0.2) is 4.32 Å². The van der Waals surface area contributed by atoms with Crippen molar-refractivity contribution in [2.45, 2.75) is 0 Å². The first-order chi connectivity index (χ1) is 12.0. The van der Waals surface area contributed by atoms with Gasteiger partial charge in [-0.2, -0.15) is 5.01 Å². The van der Waals surface area contributed by atoms with Crippen molar-refractivity contribution < 1.29 is 14.5 Å². The third-order valence-electron chi connectivity index (χ3n) is 3.15. The summed E-state index contributed by atoms with van der Waals surface area (Å²) in [4.78, 5) is 35.5. The lowest BCUT2D eigenvalue weighted by Gasteiger charge is -2.14. The van der Waals surface area contributed by atoms with E-state index in [1.54, 1.807) is 23.6 Å². The number of rotatable bonds is 4. The molecule has 0 saturated carbocycles. The lowest BCUT2D eigenvalue weighted by molar-refractivity contribution is -0.384. The summed E-state index contributed by atoms with van der Waals surface area (Å²) in [5, 5.41) is 13.4. The van der Waals surface area contributed by atoms with Crippen LogP contribution in [0.3, 0.4) is 0 Å². The molecule has 0 aliphatic carbocycles. The van der Waals surface area contributed by atoms with Crippen LogP contribution in [0.15, 0.2) is 46.7 Å². The summed E-state index contributed by atoms with van der Waals surface area (Å²) in [7, 11) is 0. The minimum absolute atomic E-state index is 0.0343. The average molecular weight is 391 g/mol. The van der Waals surface area contributed by atoms with Crippen LogP contribution in [0.1, 0.15) is 15.2 Å². The molecule has 126 valence electrons. The van der Waals surface area contributed by atoms with Gasteiger partial charge in [0, 0.05) is 12.1 Å². The molecule has 0 spiro atoms. The van der Waals surface area contributed by atoms with Gasteiger partial charge in [0.05, 0.1) is 14.7 Å². The fourth-order valence-corrected chi connectivity index (χ4v) is 3.77. The van der Waals surface area contributed by atoms with Gasteiger partial charge in [0.2, 0.25) is 0 Å². The van der Waals surface area contributed by atoms with E-state index in [9.17, 15) is 19.7 Å². The Balaban J connectivity index is 1.76. The van der Waals surface area contributed by atoms with Gasteiger partial charge in [-0.05, 0) is 47.4 Å². The zero-order valence-electron chi connectivity index (χ0n) is 12.4. The normalized spacial score (nSPS) is 15.7. The molecule has 1 saturated heterocycles. The van der Waals surface area contributed by atoms with Crippen molar-refractivity contribution in [1.29, 1.82) is 0 Å². The highest BCUT2D eigenvalue weighted by molar-refractivity contribution is 8.26. The Bertz CT molecular complexity index is 891. The van der Waals surface area contributed by atoms with E-state index < -0.39 is 16.7 Å². The van der Waals surface area contributed by atoms with E-state index in [1.807, 2.05) is 0 Å². The van der Waals surface area contributed by atoms with Gasteiger partial charge in [-0.1, -0.05) is 17.8 Å². The summed E-state index contributed by atoms with van der Waals surface area (Å²) in [6.45, 7) is 0. The number of hydrazine groups is 1. The molecule has 3 rings (SSSR count). The molecule has 1 aliphatic rings. The molecular weight excluding hydrogens is 382 g/mol. The first kappa shape index (κ1) is 17.3. The number of nitro benzene ring substituents is 1. The first-order valence-electron chi connectivity index (χ1n) is 6.82. The summed E-state index contributed by atoms with van der Waals surface area (Å²) in [5.74, 6) is -0.860. The fraction of sp³-hybridized carbons (Fsp3) is 0. The van der Waals surface area contributed by atoms with E-state index in [-0.39, 0.29) is 10.0 Å². The second kappa shape index (κ2) is 7.13. The van der Waals surface area contributed by atoms with Crippen LogP contribution in [0, 0.1) is 10.1 Å². The summed E-state index contributed by atoms with van der Waals surface area (Å²) in [5.41, 5.74) is 3.07. The third kappa shape index (κ3) is 3.76. The van der Waals surface area contributed by atoms with Crippen molar-refractivity contribution in [2.24, 2.45) is 0 Å². The second-order valence-corrected chi connectivity index (χ2v) is 7.41. The number of thiocarbonyl (C=S) groups is 1. The molecule has 0 unspecified atom stereocenters. The molecule has 2 amide bonds. The minimum Gasteiger partial charge on any atom is -0.266 e. The molecule has 0 radical (unpaired) electrons. The number of carbonyl (C=O) groups excluding carboxylic acids is 2. The summed E-state index contributed by atoms with van der Waals surface area (Å²) in [6, 6.07) is 9.16. The first-order valence-corrected chi connectivity index (χ1v) is 8.93. The lowest BCUT2D eigenvalue weighted by atomic mass is 10.2. The van der Waals surface area contributed by atoms with Crippen molar-refractivity contribution in [3.8, 4) is 0 Å². The highest BCUT2D eigenvalue weighted by atomic mass is 32.2. The molecule has 1 fully saturated rings. The van der Waals surface area contributed by atoms with E-state index in [0.29, 0.717) is 15.3 Å². The Hall–Kier alpha value is -2.56. The van der Waals surface area contributed by atoms with Gasteiger partial charge in [0.25, 0.3) is 17.5 Å². The Kier molecular flexibility index (Phi) is 4.93. The number of nitro groups is 1. The number of hydrogen-bond acceptors (Lipinski definition) is 7. The largest absolute Gasteiger partial charge is 0.285 e. The van der Waals surface area contributed by atoms with Gasteiger partial charge in [-0.25, -0.2) is 0 Å². The van der Waals surface area contributed by atoms with E-state index >= 15 is 0 Å². The summed E-state index contributed by atoms with van der Waals surface area (Å²) >= 11 is 7.44. The topological polar surface area (TPSA) is 92.6 Å². The minimum atomic E-state index is -0.497. The standard InChI is InChI=1S/C15H9N3O4S3/c19-13(11-2-1-7-24-11)16-17-14(20)12(25-15(17)23)8-9-3-5-10(6-4-9)18(21)22/h1-8H,(H,16,19)/b12-8+. The summed E-state index contributed by atoms with van der Waals surface area (Å²) in [6.07, 6.45) is 1.57. The number of thioether (sulfide) groups is 1. The van der Waals surface area contributed by atoms with Crippen LogP contribution in [0.4, 0.5) is 5.69 Å². The van der Waals surface area contributed by atoms with E-state index in [0.717, 1.165) is 16.8 Å². The third-order valence-corrected chi connectivity index (χ3v) is 5.32. The number of nitrogens with one attached hydrogen (secondary N) is 1. The maximum atomic E-state index is 12.4. The monoisotopic (exact) mass is 391 g/mol. The maximum absolute atomic E-state index is 12.4. The van der Waals surface area contributed by atoms with Crippen LogP contribution in [0.5, 0.6) is 0 Å². The molecule has 2 aromatic rings. The van der Waals surface area contributed by atoms with Crippen LogP contribution < -0.4 is 5.43 Å². The maximum Gasteiger partial charge on any atom is 0.285 e. The highest BCUT2D eigenvalue weighted by Gasteiger charge is 2.33. The molecule has 1 aromatic heterocycles. The summed E-state index contributed by atoms with van der Waals surface area (Å²) < 4.78 is 0.211. The molecule has 0 bridgehead atoms. The van der Waals surface area contributed by atoms with Crippen molar-refractivity contribution in [2.75, 3.05) is 0 Å². The van der Waals surface area contributed by atoms with Crippen molar-refractivity contribution >= 4 is 63.2 Å². The SMILES string of the molecule is O=C(NN1C(=O)/C(=C\c2ccc([N+](=O)[O-])cc2)SC1=S)c1cccs1. The van der Waals surface area contributed by atoms with Crippen LogP contribution in [-0.4, -0.2) is 26.1 Å². The number of nitrogens with zero attached hydrogens (tertiary/aromatic N) is 2. The Labute approximate surface area is 155 Å². The molecular formula is C15H9N3O4S3. The number of amides is 2. The quantitative estimate of drug-likeness (QED) is 0.372. The van der Waals surface area contributed by atoms with E-state index in [4.69, 9.17) is 12.2 Å². The predicted octanol–water partition coefficient (Wildman–Crippen LogP) is 3.20. The molecule has 1 aromatic carbocycles. The molecule has 2 heterocycles. The lowest BCUT2D eigenvalue weighted by Crippen LogP contribution is -2.44. The van der Waals surface area contributed by atoms with Crippen molar-refractivity contribution in [1.82, 2.24) is 10.4 Å². The molecule has 0 atom stereocenters. The highest BCUT2D eigenvalue weighted by Crippen LogP contribution is 2.31. The van der Waals surface area contributed by atoms with E-state index in [1.165, 1.54) is 35.6 Å². The van der Waals surface area contributed by atoms with Gasteiger partial charge in [-0.15, -0.1) is 11.3 Å². The van der Waals surface area contributed by atoms with Gasteiger partial charge >= 0.3 is 0 Å². The van der Waals surface area contributed by atoms with Gasteiger partial charge in [0.1, 0.15) is 0 Å². The Morgan fingerprint density at radius 2 is 2.00 bits per heavy atom. The van der Waals surface area contributed by atoms with Crippen LogP contribution >= 0.6 is 35.3 Å². The van der Waals surface area contributed by atoms with E-state index in [2.05, 4.69) is 5.43 Å². The van der Waals surface area contributed by atoms with Crippen LogP contribution in [0.25, 0.3) is 6.08 Å². The fourth-order valence-electron chi connectivity index (χ4n) is 1.97. The predicted molar refractivity (Wildman–Crippen MR) is 99.9 cm³/mol. The second-order valence-electron chi connectivity index (χ2n) is 4.78. The molecule has 1 N–H and O–H groups in total. The van der Waals surface area contributed by atoms with Gasteiger partial charge < -0.3 is 0 Å². The number of carbonyl (C=O) groups is 2. The number of non-ortho nitro benzene ring substituents is 1. The smallest absolute Gasteiger partial charge is 0.266 e. The zero-order chi connectivity index (χ0) is 18.0. The number of benzene rings is 1. The van der Waals surface area contributed by atoms with Crippen LogP contribution in [0.2, 0.25) is 0 Å². The molecule has 25 heavy (non-hydrogen) atoms. The number of hydrogen-bond donors (Lipinski definition) is 1. The zero-order valence-corrected chi connectivity index (χ0v) is 14.8. The van der Waals surface area contributed by atoms with Crippen molar-refractivity contribution in [3.63, 3.8) is 0 Å². The number of thiophene rings is 1. The molecule has 1 aliphatic heterocycles. The van der Waals surface area contributed by atoms with Crippen molar-refractivity contribution in [3.05, 3.63) is 67.2 Å². The Morgan fingerprint density at radius 1 is 1.28 bits per heavy atom. The average Bonchev–Trinajstić information content (AvgIpc) is 3.20. The van der Waals surface area contributed by atoms with Gasteiger partial charge in [-0.3, -0.25) is 25.1 Å².